The lowest BCUT2D eigenvalue weighted by atomic mass is 10.1. The largest absolute Gasteiger partial charge is 0.495 e. The van der Waals surface area contributed by atoms with Crippen LogP contribution in [0, 0.1) is 0 Å². The van der Waals surface area contributed by atoms with E-state index in [1.807, 2.05) is 18.3 Å². The Morgan fingerprint density at radius 1 is 0.902 bits per heavy atom. The zero-order valence-corrected chi connectivity index (χ0v) is 24.0. The number of piperazine rings is 1. The molecule has 2 aliphatic heterocycles. The van der Waals surface area contributed by atoms with Crippen molar-refractivity contribution in [3.63, 3.8) is 0 Å². The molecule has 2 saturated heterocycles. The zero-order chi connectivity index (χ0) is 27.6. The molecule has 2 fully saturated rings. The molecule has 0 amide bonds. The number of ether oxygens (including phenoxy) is 1. The first-order valence-corrected chi connectivity index (χ1v) is 15.1. The minimum absolute atomic E-state index is 0.616. The number of nitrogens with zero attached hydrogens (tertiary/aromatic N) is 6. The van der Waals surface area contributed by atoms with Crippen LogP contribution in [0.4, 0.5) is 17.3 Å². The highest BCUT2D eigenvalue weighted by Gasteiger charge is 2.29. The van der Waals surface area contributed by atoms with Crippen LogP contribution in [-0.2, 0) is 0 Å². The summed E-state index contributed by atoms with van der Waals surface area (Å²) in [6.45, 7) is 4.36. The number of anilines is 3. The first kappa shape index (κ1) is 26.0. The summed E-state index contributed by atoms with van der Waals surface area (Å²) >= 11 is 1.67. The molecule has 208 valence electrons. The summed E-state index contributed by atoms with van der Waals surface area (Å²) in [6, 6.07) is 21.4. The van der Waals surface area contributed by atoms with E-state index < -0.39 is 0 Å². The van der Waals surface area contributed by atoms with E-state index in [1.165, 1.54) is 32.2 Å². The molecule has 0 saturated carbocycles. The summed E-state index contributed by atoms with van der Waals surface area (Å²) in [6.07, 6.45) is 8.82. The topological polar surface area (TPSA) is 79.3 Å². The summed E-state index contributed by atoms with van der Waals surface area (Å²) < 4.78 is 5.30. The maximum Gasteiger partial charge on any atom is 0.161 e. The van der Waals surface area contributed by atoms with Gasteiger partial charge in [-0.05, 0) is 49.7 Å². The van der Waals surface area contributed by atoms with Crippen LogP contribution in [0.25, 0.3) is 21.8 Å². The van der Waals surface area contributed by atoms with Gasteiger partial charge in [0, 0.05) is 64.2 Å². The molecule has 0 spiro atoms. The van der Waals surface area contributed by atoms with Crippen molar-refractivity contribution >= 4 is 50.9 Å². The normalized spacial score (nSPS) is 17.8. The molecule has 1 N–H and O–H groups in total. The highest BCUT2D eigenvalue weighted by molar-refractivity contribution is 7.99. The highest BCUT2D eigenvalue weighted by atomic mass is 32.2. The average molecular weight is 564 g/mol. The first-order chi connectivity index (χ1) is 20.2. The van der Waals surface area contributed by atoms with Crippen molar-refractivity contribution in [1.82, 2.24) is 25.1 Å². The van der Waals surface area contributed by atoms with Crippen molar-refractivity contribution in [3.05, 3.63) is 73.1 Å². The molecule has 8 nitrogen and oxygen atoms in total. The van der Waals surface area contributed by atoms with Crippen molar-refractivity contribution in [3.8, 4) is 5.75 Å². The molecule has 41 heavy (non-hydrogen) atoms. The smallest absolute Gasteiger partial charge is 0.161 e. The van der Waals surface area contributed by atoms with Gasteiger partial charge in [-0.3, -0.25) is 9.88 Å². The van der Waals surface area contributed by atoms with Gasteiger partial charge in [-0.25, -0.2) is 4.98 Å². The summed E-state index contributed by atoms with van der Waals surface area (Å²) in [7, 11) is 1.64. The van der Waals surface area contributed by atoms with Gasteiger partial charge in [0.1, 0.15) is 11.3 Å². The number of aromatic nitrogens is 4. The standard InChI is InChI=1S/C32H33N7OS/c1-40-24-19-28-30(34-20-24)29(14-15-33-28)41-25-12-10-22(11-13-25)35-31-26-8-4-5-9-27(26)32(37-36-31)39-18-17-38-16-6-2-3-7-23(38)21-39/h4-5,8-15,19-20,23H,2-3,6-7,16-18,21H2,1H3,(H,35,36)/t23-/m1/s1. The van der Waals surface area contributed by atoms with E-state index in [0.717, 1.165) is 68.6 Å². The molecular formula is C32H33N7OS. The number of methoxy groups -OCH3 is 1. The summed E-state index contributed by atoms with van der Waals surface area (Å²) in [4.78, 5) is 16.3. The fraction of sp³-hybridized carbons (Fsp3) is 0.312. The average Bonchev–Trinajstić information content (AvgIpc) is 3.27. The number of hydrogen-bond donors (Lipinski definition) is 1. The van der Waals surface area contributed by atoms with Gasteiger partial charge >= 0.3 is 0 Å². The van der Waals surface area contributed by atoms with E-state index in [-0.39, 0.29) is 0 Å². The Morgan fingerprint density at radius 3 is 2.66 bits per heavy atom. The summed E-state index contributed by atoms with van der Waals surface area (Å²) in [5.74, 6) is 2.47. The fourth-order valence-electron chi connectivity index (χ4n) is 5.99. The van der Waals surface area contributed by atoms with Crippen molar-refractivity contribution in [2.24, 2.45) is 0 Å². The Hall–Kier alpha value is -3.95. The van der Waals surface area contributed by atoms with Gasteiger partial charge in [0.25, 0.3) is 0 Å². The lowest BCUT2D eigenvalue weighted by Crippen LogP contribution is -2.53. The van der Waals surface area contributed by atoms with Crippen LogP contribution in [0.1, 0.15) is 25.7 Å². The van der Waals surface area contributed by atoms with Crippen LogP contribution in [0.15, 0.2) is 82.8 Å². The number of nitrogens with one attached hydrogen (secondary N) is 1. The van der Waals surface area contributed by atoms with Gasteiger partial charge in [-0.2, -0.15) is 0 Å². The van der Waals surface area contributed by atoms with E-state index in [1.54, 1.807) is 25.1 Å². The lowest BCUT2D eigenvalue weighted by Gasteiger charge is -2.41. The van der Waals surface area contributed by atoms with Crippen molar-refractivity contribution in [2.45, 2.75) is 41.5 Å². The van der Waals surface area contributed by atoms with Crippen LogP contribution in [0.5, 0.6) is 5.75 Å². The molecule has 0 radical (unpaired) electrons. The molecule has 2 aromatic carbocycles. The van der Waals surface area contributed by atoms with E-state index in [4.69, 9.17) is 14.9 Å². The number of fused-ring (bicyclic) bond motifs is 3. The SMILES string of the molecule is COc1cnc2c(Sc3ccc(Nc4nnc(N5CCN6CCCCC[C@@H]6C5)c5ccccc45)cc3)ccnc2c1. The third-order valence-corrected chi connectivity index (χ3v) is 9.21. The van der Waals surface area contributed by atoms with Gasteiger partial charge in [-0.1, -0.05) is 48.9 Å². The lowest BCUT2D eigenvalue weighted by molar-refractivity contribution is 0.180. The molecule has 9 heteroatoms. The fourth-order valence-corrected chi connectivity index (χ4v) is 6.90. The summed E-state index contributed by atoms with van der Waals surface area (Å²) in [5.41, 5.74) is 2.65. The van der Waals surface area contributed by atoms with Gasteiger partial charge in [0.2, 0.25) is 0 Å². The molecule has 3 aromatic heterocycles. The minimum Gasteiger partial charge on any atom is -0.495 e. The second-order valence-corrected chi connectivity index (χ2v) is 11.8. The molecule has 0 bridgehead atoms. The first-order valence-electron chi connectivity index (χ1n) is 14.3. The quantitative estimate of drug-likeness (QED) is 0.248. The minimum atomic E-state index is 0.616. The molecule has 1 atom stereocenters. The van der Waals surface area contributed by atoms with E-state index in [0.29, 0.717) is 11.8 Å². The van der Waals surface area contributed by atoms with Crippen LogP contribution in [0.3, 0.4) is 0 Å². The third-order valence-electron chi connectivity index (χ3n) is 8.15. The van der Waals surface area contributed by atoms with Crippen molar-refractivity contribution in [2.75, 3.05) is 43.5 Å². The molecule has 5 aromatic rings. The Kier molecular flexibility index (Phi) is 7.29. The predicted octanol–water partition coefficient (Wildman–Crippen LogP) is 6.54. The van der Waals surface area contributed by atoms with Gasteiger partial charge in [0.05, 0.1) is 18.8 Å². The van der Waals surface area contributed by atoms with Gasteiger partial charge in [0.15, 0.2) is 11.6 Å². The highest BCUT2D eigenvalue weighted by Crippen LogP contribution is 2.35. The van der Waals surface area contributed by atoms with E-state index in [2.05, 4.69) is 73.6 Å². The molecule has 7 rings (SSSR count). The zero-order valence-electron chi connectivity index (χ0n) is 23.2. The molecule has 2 aliphatic rings. The van der Waals surface area contributed by atoms with Crippen LogP contribution >= 0.6 is 11.8 Å². The van der Waals surface area contributed by atoms with Crippen LogP contribution < -0.4 is 15.0 Å². The van der Waals surface area contributed by atoms with E-state index in [9.17, 15) is 0 Å². The monoisotopic (exact) mass is 563 g/mol. The Morgan fingerprint density at radius 2 is 1.78 bits per heavy atom. The number of rotatable bonds is 6. The molecule has 5 heterocycles. The number of benzene rings is 2. The Bertz CT molecular complexity index is 1680. The van der Waals surface area contributed by atoms with Crippen molar-refractivity contribution < 1.29 is 4.74 Å². The maximum atomic E-state index is 5.30. The number of hydrogen-bond acceptors (Lipinski definition) is 9. The molecule has 0 aliphatic carbocycles. The number of pyridine rings is 2. The maximum absolute atomic E-state index is 5.30. The van der Waals surface area contributed by atoms with Crippen LogP contribution in [0.2, 0.25) is 0 Å². The van der Waals surface area contributed by atoms with E-state index >= 15 is 0 Å². The summed E-state index contributed by atoms with van der Waals surface area (Å²) in [5, 5.41) is 15.2. The molecular weight excluding hydrogens is 530 g/mol. The van der Waals surface area contributed by atoms with Gasteiger partial charge < -0.3 is 15.0 Å². The molecule has 0 unspecified atom stereocenters. The Balaban J connectivity index is 1.10. The van der Waals surface area contributed by atoms with Gasteiger partial charge in [-0.15, -0.1) is 10.2 Å². The second-order valence-electron chi connectivity index (χ2n) is 10.7. The van der Waals surface area contributed by atoms with Crippen molar-refractivity contribution in [1.29, 1.82) is 0 Å². The second kappa shape index (κ2) is 11.5. The van der Waals surface area contributed by atoms with Crippen LogP contribution in [-0.4, -0.2) is 64.4 Å². The Labute approximate surface area is 244 Å². The third kappa shape index (κ3) is 5.39. The predicted molar refractivity (Wildman–Crippen MR) is 166 cm³/mol.